The van der Waals surface area contributed by atoms with Crippen molar-refractivity contribution in [2.24, 2.45) is 0 Å². The van der Waals surface area contributed by atoms with Crippen LogP contribution in [0.25, 0.3) is 5.32 Å². The van der Waals surface area contributed by atoms with Crippen LogP contribution < -0.4 is 0 Å². The molecule has 1 heterocycles. The van der Waals surface area contributed by atoms with Gasteiger partial charge in [-0.2, -0.15) is 0 Å². The minimum Gasteiger partial charge on any atom is -0.650 e. The second kappa shape index (κ2) is 4.09. The first kappa shape index (κ1) is 10.1. The van der Waals surface area contributed by atoms with Gasteiger partial charge in [0.05, 0.1) is 0 Å². The molecular weight excluding hydrogens is 300 g/mol. The molecule has 1 unspecified atom stereocenters. The van der Waals surface area contributed by atoms with Gasteiger partial charge in [-0.15, -0.1) is 6.54 Å². The molecular formula is C6H11N2OW+. The van der Waals surface area contributed by atoms with Crippen molar-refractivity contribution in [2.45, 2.75) is 13.0 Å². The fraction of sp³-hybridized carbons (Fsp3) is 0.833. The third-order valence-corrected chi connectivity index (χ3v) is 1.57. The summed E-state index contributed by atoms with van der Waals surface area (Å²) in [5.41, 5.74) is 0. The summed E-state index contributed by atoms with van der Waals surface area (Å²) in [5, 5.41) is 4.07. The first-order valence-electron chi connectivity index (χ1n) is 3.13. The molecule has 0 saturated carbocycles. The summed E-state index contributed by atoms with van der Waals surface area (Å²) in [6.07, 6.45) is 0. The van der Waals surface area contributed by atoms with E-state index < -0.39 is 0 Å². The SMILES string of the molecule is CC1[N-]CCN(C)C1=O.[W+2]. The number of rotatable bonds is 0. The number of hydrogen-bond acceptors (Lipinski definition) is 1. The first-order valence-corrected chi connectivity index (χ1v) is 3.13. The summed E-state index contributed by atoms with van der Waals surface area (Å²) in [4.78, 5) is 12.7. The maximum Gasteiger partial charge on any atom is 2.00 e. The van der Waals surface area contributed by atoms with Crippen LogP contribution in [0.5, 0.6) is 0 Å². The average Bonchev–Trinajstić information content (AvgIpc) is 1.83. The van der Waals surface area contributed by atoms with Gasteiger partial charge < -0.3 is 10.2 Å². The van der Waals surface area contributed by atoms with Crippen LogP contribution in [0.1, 0.15) is 6.92 Å². The van der Waals surface area contributed by atoms with Crippen molar-refractivity contribution in [1.29, 1.82) is 0 Å². The predicted molar refractivity (Wildman–Crippen MR) is 35.3 cm³/mol. The quantitative estimate of drug-likeness (QED) is 0.630. The molecule has 0 N–H and O–H groups in total. The maximum atomic E-state index is 11.0. The summed E-state index contributed by atoms with van der Waals surface area (Å²) >= 11 is 0. The zero-order chi connectivity index (χ0) is 6.85. The smallest absolute Gasteiger partial charge is 0.650 e. The largest absolute Gasteiger partial charge is 2.00 e. The van der Waals surface area contributed by atoms with E-state index in [1.54, 1.807) is 4.90 Å². The number of hydrogen-bond donors (Lipinski definition) is 0. The molecule has 10 heavy (non-hydrogen) atoms. The molecule has 0 spiro atoms. The third kappa shape index (κ3) is 2.06. The van der Waals surface area contributed by atoms with E-state index in [2.05, 4.69) is 5.32 Å². The van der Waals surface area contributed by atoms with E-state index in [0.29, 0.717) is 0 Å². The zero-order valence-electron chi connectivity index (χ0n) is 6.20. The van der Waals surface area contributed by atoms with Crippen LogP contribution in [0, 0.1) is 0 Å². The van der Waals surface area contributed by atoms with Crippen LogP contribution >= 0.6 is 0 Å². The van der Waals surface area contributed by atoms with Gasteiger partial charge in [-0.1, -0.05) is 13.0 Å². The van der Waals surface area contributed by atoms with Crippen molar-refractivity contribution >= 4 is 5.91 Å². The molecule has 4 heteroatoms. The predicted octanol–water partition coefficient (Wildman–Crippen LogP) is 0.218. The van der Waals surface area contributed by atoms with Crippen LogP contribution in [-0.2, 0) is 25.9 Å². The molecule has 1 amide bonds. The molecule has 1 rings (SSSR count). The van der Waals surface area contributed by atoms with Crippen LogP contribution in [0.3, 0.4) is 0 Å². The van der Waals surface area contributed by atoms with Crippen LogP contribution in [0.4, 0.5) is 0 Å². The molecule has 56 valence electrons. The summed E-state index contributed by atoms with van der Waals surface area (Å²) in [5.74, 6) is 0.140. The maximum absolute atomic E-state index is 11.0. The summed E-state index contributed by atoms with van der Waals surface area (Å²) in [6.45, 7) is 3.41. The normalized spacial score (nSPS) is 26.0. The van der Waals surface area contributed by atoms with Crippen molar-refractivity contribution in [2.75, 3.05) is 20.1 Å². The number of amides is 1. The monoisotopic (exact) mass is 311 g/mol. The molecule has 0 radical (unpaired) electrons. The molecule has 0 aromatic rings. The molecule has 1 saturated heterocycles. The van der Waals surface area contributed by atoms with Gasteiger partial charge in [0.1, 0.15) is 0 Å². The Morgan fingerprint density at radius 3 is 2.70 bits per heavy atom. The Bertz CT molecular complexity index is 117. The van der Waals surface area contributed by atoms with E-state index in [-0.39, 0.29) is 33.0 Å². The second-order valence-electron chi connectivity index (χ2n) is 2.34. The van der Waals surface area contributed by atoms with Crippen molar-refractivity contribution in [3.8, 4) is 0 Å². The number of nitrogens with zero attached hydrogens (tertiary/aromatic N) is 2. The number of likely N-dealkylation sites (N-methyl/N-ethyl adjacent to an activating group) is 1. The molecule has 0 bridgehead atoms. The number of carbonyl (C=O) groups excluding carboxylic acids is 1. The summed E-state index contributed by atoms with van der Waals surface area (Å²) in [6, 6.07) is -0.108. The Morgan fingerprint density at radius 1 is 1.70 bits per heavy atom. The fourth-order valence-electron chi connectivity index (χ4n) is 0.909. The molecule has 0 aliphatic carbocycles. The molecule has 1 aliphatic heterocycles. The van der Waals surface area contributed by atoms with Gasteiger partial charge in [0.25, 0.3) is 0 Å². The van der Waals surface area contributed by atoms with Crippen molar-refractivity contribution in [1.82, 2.24) is 4.90 Å². The summed E-state index contributed by atoms with van der Waals surface area (Å²) in [7, 11) is 1.81. The third-order valence-electron chi connectivity index (χ3n) is 1.57. The van der Waals surface area contributed by atoms with Gasteiger partial charge in [0.15, 0.2) is 0 Å². The van der Waals surface area contributed by atoms with E-state index in [4.69, 9.17) is 0 Å². The van der Waals surface area contributed by atoms with Crippen molar-refractivity contribution < 1.29 is 25.9 Å². The van der Waals surface area contributed by atoms with Gasteiger partial charge in [-0.3, -0.25) is 4.79 Å². The van der Waals surface area contributed by atoms with Gasteiger partial charge >= 0.3 is 21.1 Å². The molecule has 1 aliphatic rings. The molecule has 1 atom stereocenters. The summed E-state index contributed by atoms with van der Waals surface area (Å²) < 4.78 is 0. The Hall–Kier alpha value is 0.118. The van der Waals surface area contributed by atoms with E-state index in [9.17, 15) is 4.79 Å². The van der Waals surface area contributed by atoms with Gasteiger partial charge in [-0.05, 0) is 0 Å². The molecule has 3 nitrogen and oxygen atoms in total. The van der Waals surface area contributed by atoms with E-state index in [1.165, 1.54) is 0 Å². The average molecular weight is 311 g/mol. The Morgan fingerprint density at radius 2 is 2.30 bits per heavy atom. The number of carbonyl (C=O) groups is 1. The molecule has 0 aromatic heterocycles. The van der Waals surface area contributed by atoms with Gasteiger partial charge in [0.2, 0.25) is 5.91 Å². The topological polar surface area (TPSA) is 34.4 Å². The molecule has 1 fully saturated rings. The van der Waals surface area contributed by atoms with Crippen LogP contribution in [-0.4, -0.2) is 37.0 Å². The van der Waals surface area contributed by atoms with Gasteiger partial charge in [0, 0.05) is 13.6 Å². The minimum absolute atomic E-state index is 0. The van der Waals surface area contributed by atoms with Crippen molar-refractivity contribution in [3.63, 3.8) is 0 Å². The van der Waals surface area contributed by atoms with E-state index in [0.717, 1.165) is 13.1 Å². The molecule has 0 aromatic carbocycles. The number of piperazine rings is 1. The van der Waals surface area contributed by atoms with Crippen LogP contribution in [0.15, 0.2) is 0 Å². The van der Waals surface area contributed by atoms with Gasteiger partial charge in [-0.25, -0.2) is 0 Å². The van der Waals surface area contributed by atoms with Crippen molar-refractivity contribution in [3.05, 3.63) is 5.32 Å². The van der Waals surface area contributed by atoms with E-state index >= 15 is 0 Å². The fourth-order valence-corrected chi connectivity index (χ4v) is 0.909. The zero-order valence-corrected chi connectivity index (χ0v) is 9.14. The minimum atomic E-state index is -0.108. The van der Waals surface area contributed by atoms with Crippen LogP contribution in [0.2, 0.25) is 0 Å². The standard InChI is InChI=1S/C6H11N2O.W/c1-5-6(9)8(2)4-3-7-5;/h5H,3-4H2,1-2H3;/q-1;+2. The second-order valence-corrected chi connectivity index (χ2v) is 2.34. The Kier molecular flexibility index (Phi) is 4.14. The Balaban J connectivity index is 0.000000810. The Labute approximate surface area is 75.4 Å². The first-order chi connectivity index (χ1) is 4.22. The van der Waals surface area contributed by atoms with E-state index in [1.807, 2.05) is 14.0 Å².